The van der Waals surface area contributed by atoms with Crippen molar-refractivity contribution in [3.63, 3.8) is 0 Å². The van der Waals surface area contributed by atoms with Crippen molar-refractivity contribution >= 4 is 11.8 Å². The van der Waals surface area contributed by atoms with Gasteiger partial charge in [0.05, 0.1) is 6.61 Å². The van der Waals surface area contributed by atoms with Gasteiger partial charge < -0.3 is 4.74 Å². The van der Waals surface area contributed by atoms with Crippen molar-refractivity contribution in [2.24, 2.45) is 17.8 Å². The van der Waals surface area contributed by atoms with Gasteiger partial charge in [0.2, 0.25) is 0 Å². The van der Waals surface area contributed by atoms with Gasteiger partial charge in [-0.3, -0.25) is 9.59 Å². The Bertz CT molecular complexity index is 244. The van der Waals surface area contributed by atoms with E-state index in [-0.39, 0.29) is 11.8 Å². The summed E-state index contributed by atoms with van der Waals surface area (Å²) in [6, 6.07) is 0. The molecule has 3 nitrogen and oxygen atoms in total. The largest absolute Gasteiger partial charge is 0.465 e. The van der Waals surface area contributed by atoms with Crippen LogP contribution < -0.4 is 0 Å². The van der Waals surface area contributed by atoms with Crippen molar-refractivity contribution in [3.05, 3.63) is 0 Å². The van der Waals surface area contributed by atoms with Crippen molar-refractivity contribution in [1.82, 2.24) is 0 Å². The topological polar surface area (TPSA) is 43.4 Å². The second-order valence-electron chi connectivity index (χ2n) is 5.33. The van der Waals surface area contributed by atoms with Crippen molar-refractivity contribution in [2.75, 3.05) is 6.61 Å². The van der Waals surface area contributed by atoms with E-state index in [1.807, 2.05) is 13.8 Å². The molecule has 0 aliphatic rings. The lowest BCUT2D eigenvalue weighted by Crippen LogP contribution is -2.27. The summed E-state index contributed by atoms with van der Waals surface area (Å²) < 4.78 is 4.97. The second kappa shape index (κ2) is 8.26. The minimum atomic E-state index is -0.561. The van der Waals surface area contributed by atoms with Crippen molar-refractivity contribution in [3.8, 4) is 0 Å². The van der Waals surface area contributed by atoms with Gasteiger partial charge in [-0.2, -0.15) is 0 Å². The number of rotatable bonds is 8. The fourth-order valence-corrected chi connectivity index (χ4v) is 1.68. The average Bonchev–Trinajstić information content (AvgIpc) is 2.22. The Morgan fingerprint density at radius 1 is 1.06 bits per heavy atom. The molecule has 0 fully saturated rings. The minimum Gasteiger partial charge on any atom is -0.465 e. The predicted molar refractivity (Wildman–Crippen MR) is 68.7 cm³/mol. The number of Topliss-reactive ketones (excluding diaryl/α,β-unsaturated/α-hetero) is 1. The zero-order valence-electron chi connectivity index (χ0n) is 11.8. The molecule has 17 heavy (non-hydrogen) atoms. The fourth-order valence-electron chi connectivity index (χ4n) is 1.68. The number of ketones is 1. The Kier molecular flexibility index (Phi) is 7.85. The van der Waals surface area contributed by atoms with Gasteiger partial charge in [-0.1, -0.05) is 27.7 Å². The van der Waals surface area contributed by atoms with Crippen LogP contribution in [0.15, 0.2) is 0 Å². The highest BCUT2D eigenvalue weighted by Crippen LogP contribution is 2.18. The van der Waals surface area contributed by atoms with Crippen LogP contribution in [-0.4, -0.2) is 18.4 Å². The van der Waals surface area contributed by atoms with E-state index >= 15 is 0 Å². The first-order chi connectivity index (χ1) is 7.88. The van der Waals surface area contributed by atoms with Gasteiger partial charge in [-0.05, 0) is 31.6 Å². The third kappa shape index (κ3) is 7.14. The number of carbonyl (C=O) groups is 2. The first-order valence-electron chi connectivity index (χ1n) is 6.57. The zero-order chi connectivity index (χ0) is 13.4. The van der Waals surface area contributed by atoms with Crippen LogP contribution >= 0.6 is 0 Å². The molecule has 3 heteroatoms. The van der Waals surface area contributed by atoms with E-state index < -0.39 is 5.92 Å². The van der Waals surface area contributed by atoms with Gasteiger partial charge in [0.1, 0.15) is 11.7 Å². The fraction of sp³-hybridized carbons (Fsp3) is 0.857. The van der Waals surface area contributed by atoms with Crippen LogP contribution in [0.3, 0.4) is 0 Å². The van der Waals surface area contributed by atoms with Crippen LogP contribution in [0, 0.1) is 17.8 Å². The van der Waals surface area contributed by atoms with Gasteiger partial charge in [0, 0.05) is 6.42 Å². The summed E-state index contributed by atoms with van der Waals surface area (Å²) in [4.78, 5) is 23.7. The lowest BCUT2D eigenvalue weighted by Gasteiger charge is -2.16. The molecule has 1 atom stereocenters. The molecule has 0 rings (SSSR count). The molecular weight excluding hydrogens is 216 g/mol. The third-order valence-corrected chi connectivity index (χ3v) is 2.63. The van der Waals surface area contributed by atoms with Crippen LogP contribution in [0.4, 0.5) is 0 Å². The van der Waals surface area contributed by atoms with Crippen LogP contribution in [-0.2, 0) is 14.3 Å². The van der Waals surface area contributed by atoms with Crippen LogP contribution in [0.25, 0.3) is 0 Å². The Morgan fingerprint density at radius 2 is 1.65 bits per heavy atom. The second-order valence-corrected chi connectivity index (χ2v) is 5.33. The van der Waals surface area contributed by atoms with Gasteiger partial charge in [-0.25, -0.2) is 0 Å². The average molecular weight is 242 g/mol. The lowest BCUT2D eigenvalue weighted by molar-refractivity contribution is -0.152. The van der Waals surface area contributed by atoms with Gasteiger partial charge >= 0.3 is 5.97 Å². The van der Waals surface area contributed by atoms with Crippen LogP contribution in [0.1, 0.15) is 53.9 Å². The Morgan fingerprint density at radius 3 is 2.06 bits per heavy atom. The normalized spacial score (nSPS) is 12.9. The van der Waals surface area contributed by atoms with E-state index in [0.717, 1.165) is 6.42 Å². The summed E-state index contributed by atoms with van der Waals surface area (Å²) in [6.07, 6.45) is 1.91. The van der Waals surface area contributed by atoms with Crippen molar-refractivity contribution in [2.45, 2.75) is 53.9 Å². The molecule has 0 radical (unpaired) electrons. The Labute approximate surface area is 105 Å². The molecule has 0 bridgehead atoms. The van der Waals surface area contributed by atoms with E-state index in [1.165, 1.54) is 0 Å². The third-order valence-electron chi connectivity index (χ3n) is 2.63. The van der Waals surface area contributed by atoms with Gasteiger partial charge in [0.25, 0.3) is 0 Å². The molecule has 0 N–H and O–H groups in total. The standard InChI is InChI=1S/C14H26O3/c1-6-17-14(16)12(9-11(4)5)13(15)8-7-10(2)3/h10-12H,6-9H2,1-5H3. The van der Waals surface area contributed by atoms with Gasteiger partial charge in [0.15, 0.2) is 0 Å². The van der Waals surface area contributed by atoms with Crippen LogP contribution in [0.2, 0.25) is 0 Å². The molecular formula is C14H26O3. The molecule has 0 aromatic heterocycles. The number of carbonyl (C=O) groups excluding carboxylic acids is 2. The Balaban J connectivity index is 4.44. The molecule has 1 unspecified atom stereocenters. The van der Waals surface area contributed by atoms with Crippen molar-refractivity contribution in [1.29, 1.82) is 0 Å². The molecule has 0 saturated heterocycles. The van der Waals surface area contributed by atoms with E-state index in [0.29, 0.717) is 31.3 Å². The first-order valence-corrected chi connectivity index (χ1v) is 6.57. The monoisotopic (exact) mass is 242 g/mol. The maximum atomic E-state index is 12.0. The first kappa shape index (κ1) is 16.1. The van der Waals surface area contributed by atoms with E-state index in [4.69, 9.17) is 4.74 Å². The van der Waals surface area contributed by atoms with Gasteiger partial charge in [-0.15, -0.1) is 0 Å². The highest BCUT2D eigenvalue weighted by molar-refractivity contribution is 5.98. The van der Waals surface area contributed by atoms with E-state index in [9.17, 15) is 9.59 Å². The number of ether oxygens (including phenoxy) is 1. The highest BCUT2D eigenvalue weighted by atomic mass is 16.5. The molecule has 0 spiro atoms. The lowest BCUT2D eigenvalue weighted by atomic mass is 9.90. The molecule has 0 aromatic carbocycles. The Hall–Kier alpha value is -0.860. The molecule has 0 heterocycles. The number of esters is 1. The number of hydrogen-bond donors (Lipinski definition) is 0. The highest BCUT2D eigenvalue weighted by Gasteiger charge is 2.28. The zero-order valence-corrected chi connectivity index (χ0v) is 11.8. The van der Waals surface area contributed by atoms with Crippen LogP contribution in [0.5, 0.6) is 0 Å². The summed E-state index contributed by atoms with van der Waals surface area (Å²) in [5.74, 6) is -0.0669. The molecule has 0 amide bonds. The smallest absolute Gasteiger partial charge is 0.316 e. The predicted octanol–water partition coefficient (Wildman–Crippen LogP) is 3.22. The summed E-state index contributed by atoms with van der Waals surface area (Å²) in [6.45, 7) is 10.3. The molecule has 0 saturated carbocycles. The maximum absolute atomic E-state index is 12.0. The SMILES string of the molecule is CCOC(=O)C(CC(C)C)C(=O)CCC(C)C. The van der Waals surface area contributed by atoms with Crippen molar-refractivity contribution < 1.29 is 14.3 Å². The summed E-state index contributed by atoms with van der Waals surface area (Å²) in [5, 5.41) is 0. The quantitative estimate of drug-likeness (QED) is 0.485. The summed E-state index contributed by atoms with van der Waals surface area (Å²) in [7, 11) is 0. The van der Waals surface area contributed by atoms with E-state index in [1.54, 1.807) is 6.92 Å². The summed E-state index contributed by atoms with van der Waals surface area (Å²) >= 11 is 0. The minimum absolute atomic E-state index is 0.0332. The molecule has 0 aliphatic heterocycles. The number of hydrogen-bond acceptors (Lipinski definition) is 3. The molecule has 100 valence electrons. The maximum Gasteiger partial charge on any atom is 0.316 e. The van der Waals surface area contributed by atoms with E-state index in [2.05, 4.69) is 13.8 Å². The summed E-state index contributed by atoms with van der Waals surface area (Å²) in [5.41, 5.74) is 0. The molecule has 0 aliphatic carbocycles. The molecule has 0 aromatic rings.